The van der Waals surface area contributed by atoms with Crippen LogP contribution in [0, 0.1) is 17.8 Å². The van der Waals surface area contributed by atoms with E-state index in [-0.39, 0.29) is 51.6 Å². The van der Waals surface area contributed by atoms with Gasteiger partial charge in [0.1, 0.15) is 54.4 Å². The van der Waals surface area contributed by atoms with Crippen molar-refractivity contribution in [1.82, 2.24) is 63.0 Å². The summed E-state index contributed by atoms with van der Waals surface area (Å²) >= 11 is 0. The smallest absolute Gasteiger partial charge is 0.308 e. The van der Waals surface area contributed by atoms with E-state index < -0.39 is 205 Å². The number of nitrogens with one attached hydrogen (secondary N) is 10. The van der Waals surface area contributed by atoms with Gasteiger partial charge in [-0.25, -0.2) is 0 Å². The number of nitrogens with zero attached hydrogens (tertiary/aromatic N) is 2. The normalized spacial score (nSPS) is 25.3. The lowest BCUT2D eigenvalue weighted by atomic mass is 9.96. The fourth-order valence-electron chi connectivity index (χ4n) is 10.7. The summed E-state index contributed by atoms with van der Waals surface area (Å²) in [4.78, 5) is 219. The van der Waals surface area contributed by atoms with Crippen molar-refractivity contribution in [2.24, 2.45) is 29.2 Å². The minimum Gasteiger partial charge on any atom is -0.481 e. The zero-order chi connectivity index (χ0) is 69.8. The number of carboxylic acid groups (broad SMARTS) is 3. The number of amides is 13. The van der Waals surface area contributed by atoms with E-state index >= 15 is 4.79 Å². The van der Waals surface area contributed by atoms with Crippen molar-refractivity contribution in [3.05, 3.63) is 12.2 Å². The highest BCUT2D eigenvalue weighted by Gasteiger charge is 2.45. The summed E-state index contributed by atoms with van der Waals surface area (Å²) in [7, 11) is 0. The third kappa shape index (κ3) is 26.0. The molecule has 3 unspecified atom stereocenters. The van der Waals surface area contributed by atoms with E-state index in [4.69, 9.17) is 11.5 Å². The highest BCUT2D eigenvalue weighted by molar-refractivity contribution is 6.01. The van der Waals surface area contributed by atoms with Gasteiger partial charge in [0, 0.05) is 25.6 Å². The van der Waals surface area contributed by atoms with Crippen LogP contribution in [-0.4, -0.2) is 212 Å². The van der Waals surface area contributed by atoms with Crippen molar-refractivity contribution in [1.29, 1.82) is 0 Å². The van der Waals surface area contributed by atoms with Gasteiger partial charge < -0.3 is 89.8 Å². The first-order valence-corrected chi connectivity index (χ1v) is 31.7. The van der Waals surface area contributed by atoms with Crippen molar-refractivity contribution in [2.75, 3.05) is 26.2 Å². The van der Waals surface area contributed by atoms with E-state index in [1.54, 1.807) is 19.9 Å². The van der Waals surface area contributed by atoms with E-state index in [9.17, 15) is 87.2 Å². The maximum absolute atomic E-state index is 15.3. The van der Waals surface area contributed by atoms with Crippen LogP contribution in [0.25, 0.3) is 0 Å². The number of hydrogen-bond donors (Lipinski definition) is 15. The molecule has 13 amide bonds. The molecule has 17 N–H and O–H groups in total. The molecule has 0 bridgehead atoms. The number of aliphatic carboxylic acids is 3. The van der Waals surface area contributed by atoms with Gasteiger partial charge in [-0.2, -0.15) is 0 Å². The van der Waals surface area contributed by atoms with Gasteiger partial charge in [0.05, 0.1) is 44.3 Å². The monoisotopic (exact) mass is 1320 g/mol. The minimum atomic E-state index is -2.13. The molecule has 3 saturated heterocycles. The molecule has 3 aliphatic rings. The standard InChI is InChI=1S/C60H96N14O19/c1-8-32(4)20-15-13-11-9-10-12-14-16-23-42(76)66-36(26-41(62)75)53(85)72-50-35(7)65-54(86)40-22-19-25-74(40)58(90)47(31(2)3)70-57(89)49(34(6)61)69-44(78)30-64-51(83)37(27-45(79)80)67-43(77)29-63-52(84)38(28-46(81)82)68-56(88)48(33(5)60(92)93)71-55(87)39-21-17-18-24-73(39)59(50)91/h14,16,31-40,47-50H,8-13,15,17-30,61H2,1-7H3,(H2,62,75)(H,63,84)(H,64,83)(H,65,86)(H,66,76)(H,67,77)(H,68,88)(H,69,78)(H,70,89)(H,71,87)(H,72,85)(H,79,80)(H,81,82)(H,92,93)/b16-14+/t32?,33-,34+,35+,36?,37-,38-,39+,40-,47-,48-,49+,50?/m0/s1. The average molecular weight is 1320 g/mol. The molecule has 0 spiro atoms. The number of unbranched alkanes of at least 4 members (excludes halogenated alkanes) is 5. The van der Waals surface area contributed by atoms with Crippen LogP contribution < -0.4 is 64.6 Å². The van der Waals surface area contributed by atoms with Crippen LogP contribution in [0.4, 0.5) is 0 Å². The molecule has 33 nitrogen and oxygen atoms in total. The van der Waals surface area contributed by atoms with Gasteiger partial charge in [0.25, 0.3) is 0 Å². The minimum absolute atomic E-state index is 0.0284. The second-order valence-corrected chi connectivity index (χ2v) is 24.4. The van der Waals surface area contributed by atoms with Gasteiger partial charge in [-0.05, 0) is 77.6 Å². The first-order chi connectivity index (χ1) is 43.8. The Bertz CT molecular complexity index is 2740. The Hall–Kier alpha value is -8.78. The van der Waals surface area contributed by atoms with Crippen LogP contribution in [-0.2, 0) is 76.7 Å². The largest absolute Gasteiger partial charge is 0.481 e. The van der Waals surface area contributed by atoms with E-state index in [0.717, 1.165) is 50.3 Å². The Labute approximate surface area is 539 Å². The highest BCUT2D eigenvalue weighted by Crippen LogP contribution is 2.24. The lowest BCUT2D eigenvalue weighted by Gasteiger charge is -2.39. The number of fused-ring (bicyclic) bond motifs is 2. The Kier molecular flexibility index (Phi) is 32.8. The molecular weight excluding hydrogens is 1220 g/mol. The summed E-state index contributed by atoms with van der Waals surface area (Å²) in [5.41, 5.74) is 11.7. The second-order valence-electron chi connectivity index (χ2n) is 24.4. The Morgan fingerprint density at radius 1 is 0.613 bits per heavy atom. The molecule has 3 heterocycles. The molecule has 93 heavy (non-hydrogen) atoms. The van der Waals surface area contributed by atoms with Crippen LogP contribution in [0.1, 0.15) is 158 Å². The predicted octanol–water partition coefficient (Wildman–Crippen LogP) is -3.23. The number of nitrogens with two attached hydrogens (primary N) is 2. The van der Waals surface area contributed by atoms with Gasteiger partial charge in [0.2, 0.25) is 76.8 Å². The molecule has 0 aromatic carbocycles. The number of carboxylic acids is 3. The van der Waals surface area contributed by atoms with E-state index in [1.807, 2.05) is 16.7 Å². The van der Waals surface area contributed by atoms with Gasteiger partial charge in [-0.3, -0.25) is 76.7 Å². The molecule has 520 valence electrons. The number of carbonyl (C=O) groups excluding carboxylic acids is 13. The quantitative estimate of drug-likeness (QED) is 0.0334. The Balaban J connectivity index is 2.14. The van der Waals surface area contributed by atoms with Crippen LogP contribution in [0.2, 0.25) is 0 Å². The molecule has 33 heteroatoms. The maximum Gasteiger partial charge on any atom is 0.308 e. The topological polar surface area (TPSA) is 513 Å². The molecule has 0 aromatic rings. The molecule has 0 saturated carbocycles. The summed E-state index contributed by atoms with van der Waals surface area (Å²) in [5, 5.41) is 52.6. The lowest BCUT2D eigenvalue weighted by Crippen LogP contribution is -2.66. The summed E-state index contributed by atoms with van der Waals surface area (Å²) in [5.74, 6) is -21.0. The third-order valence-corrected chi connectivity index (χ3v) is 16.4. The van der Waals surface area contributed by atoms with E-state index in [2.05, 4.69) is 56.4 Å². The molecule has 0 aromatic heterocycles. The highest BCUT2D eigenvalue weighted by atomic mass is 16.4. The Morgan fingerprint density at radius 2 is 1.14 bits per heavy atom. The van der Waals surface area contributed by atoms with Crippen molar-refractivity contribution < 1.29 is 92.0 Å². The molecule has 3 rings (SSSR count). The third-order valence-electron chi connectivity index (χ3n) is 16.4. The molecule has 13 atom stereocenters. The molecule has 0 aliphatic carbocycles. The first-order valence-electron chi connectivity index (χ1n) is 31.7. The van der Waals surface area contributed by atoms with E-state index in [0.29, 0.717) is 12.3 Å². The SMILES string of the molecule is CCC(C)CCCCCCC/C=C/CC(=O)NC(CC(N)=O)C(=O)NC1C(=O)N2CCCC[C@@H]2C(=O)N[C@@H]([C@H](C)C(=O)O)C(=O)N[C@@H](CC(=O)O)C(=O)NCC(=O)N[C@@H](CC(=O)O)C(=O)NCC(=O)N[C@H]([C@@H](C)N)C(=O)N[C@@H](C(C)C)C(=O)N2CCC[C@H]2C(=O)N[C@@H]1C. The van der Waals surface area contributed by atoms with Crippen molar-refractivity contribution in [3.63, 3.8) is 0 Å². The van der Waals surface area contributed by atoms with Gasteiger partial charge in [-0.1, -0.05) is 78.4 Å². The van der Waals surface area contributed by atoms with Gasteiger partial charge >= 0.3 is 17.9 Å². The number of carbonyl (C=O) groups is 16. The van der Waals surface area contributed by atoms with Crippen molar-refractivity contribution >= 4 is 94.7 Å². The van der Waals surface area contributed by atoms with Crippen molar-refractivity contribution in [3.8, 4) is 0 Å². The number of primary amides is 1. The zero-order valence-corrected chi connectivity index (χ0v) is 54.0. The van der Waals surface area contributed by atoms with Gasteiger partial charge in [-0.15, -0.1) is 0 Å². The molecular formula is C60H96N14O19. The fourth-order valence-corrected chi connectivity index (χ4v) is 10.7. The van der Waals surface area contributed by atoms with E-state index in [1.165, 1.54) is 25.2 Å². The Morgan fingerprint density at radius 3 is 1.71 bits per heavy atom. The van der Waals surface area contributed by atoms with Crippen LogP contribution >= 0.6 is 0 Å². The van der Waals surface area contributed by atoms with Crippen LogP contribution in [0.5, 0.6) is 0 Å². The molecule has 3 aliphatic heterocycles. The second kappa shape index (κ2) is 38.9. The average Bonchev–Trinajstić information content (AvgIpc) is 1.81. The van der Waals surface area contributed by atoms with Crippen LogP contribution in [0.15, 0.2) is 12.2 Å². The predicted molar refractivity (Wildman–Crippen MR) is 330 cm³/mol. The number of allylic oxidation sites excluding steroid dienone is 1. The summed E-state index contributed by atoms with van der Waals surface area (Å²) in [6.07, 6.45) is 8.90. The van der Waals surface area contributed by atoms with Gasteiger partial charge in [0.15, 0.2) is 0 Å². The number of piperidine rings is 1. The fraction of sp³-hybridized carbons (Fsp3) is 0.700. The lowest BCUT2D eigenvalue weighted by molar-refractivity contribution is -0.149. The number of hydrogen-bond acceptors (Lipinski definition) is 17. The first kappa shape index (κ1) is 78.5. The maximum atomic E-state index is 15.3. The molecule has 3 fully saturated rings. The van der Waals surface area contributed by atoms with Crippen molar-refractivity contribution in [2.45, 2.75) is 224 Å². The van der Waals surface area contributed by atoms with Crippen LogP contribution in [0.3, 0.4) is 0 Å². The summed E-state index contributed by atoms with van der Waals surface area (Å²) < 4.78 is 0. The molecule has 0 radical (unpaired) electrons. The summed E-state index contributed by atoms with van der Waals surface area (Å²) in [6, 6.07) is -18.3. The summed E-state index contributed by atoms with van der Waals surface area (Å²) in [6.45, 7) is 8.86. The zero-order valence-electron chi connectivity index (χ0n) is 54.0. The number of rotatable bonds is 24.